The van der Waals surface area contributed by atoms with Crippen molar-refractivity contribution < 1.29 is 0 Å². The van der Waals surface area contributed by atoms with Crippen molar-refractivity contribution in [3.63, 3.8) is 0 Å². The fourth-order valence-electron chi connectivity index (χ4n) is 2.84. The van der Waals surface area contributed by atoms with Crippen LogP contribution in [0.15, 0.2) is 95.0 Å². The van der Waals surface area contributed by atoms with Crippen LogP contribution < -0.4 is 0 Å². The van der Waals surface area contributed by atoms with Crippen LogP contribution in [-0.4, -0.2) is 9.97 Å². The van der Waals surface area contributed by atoms with E-state index >= 15 is 0 Å². The summed E-state index contributed by atoms with van der Waals surface area (Å²) >= 11 is 15.7. The fourth-order valence-corrected chi connectivity index (χ4v) is 5.60. The van der Waals surface area contributed by atoms with Gasteiger partial charge in [-0.15, -0.1) is 23.5 Å². The van der Waals surface area contributed by atoms with E-state index in [9.17, 15) is 0 Å². The van der Waals surface area contributed by atoms with Gasteiger partial charge in [-0.25, -0.2) is 0 Å². The van der Waals surface area contributed by atoms with E-state index in [1.165, 1.54) is 5.56 Å². The summed E-state index contributed by atoms with van der Waals surface area (Å²) in [7, 11) is 0. The van der Waals surface area contributed by atoms with E-state index in [1.807, 2.05) is 67.0 Å². The third-order valence-corrected chi connectivity index (χ3v) is 7.49. The fraction of sp³-hybridized carbons (Fsp3) is 0.0833. The Morgan fingerprint density at radius 2 is 1.17 bits per heavy atom. The van der Waals surface area contributed by atoms with Crippen LogP contribution >= 0.6 is 46.7 Å². The van der Waals surface area contributed by atoms with Crippen molar-refractivity contribution in [2.75, 3.05) is 0 Å². The first kappa shape index (κ1) is 21.3. The molecule has 4 rings (SSSR count). The van der Waals surface area contributed by atoms with E-state index in [1.54, 1.807) is 23.5 Å². The number of aryl methyl sites for hydroxylation is 1. The molecule has 0 atom stereocenters. The third kappa shape index (κ3) is 5.58. The van der Waals surface area contributed by atoms with Gasteiger partial charge in [0.25, 0.3) is 0 Å². The molecule has 2 aromatic carbocycles. The minimum atomic E-state index is 0.124. The van der Waals surface area contributed by atoms with Crippen molar-refractivity contribution in [3.8, 4) is 11.4 Å². The highest BCUT2D eigenvalue weighted by Gasteiger charge is 2.17. The van der Waals surface area contributed by atoms with Crippen LogP contribution in [0, 0.1) is 6.92 Å². The molecule has 0 unspecified atom stereocenters. The number of hydrogen-bond donors (Lipinski definition) is 0. The lowest BCUT2D eigenvalue weighted by molar-refractivity contribution is 1.20. The van der Waals surface area contributed by atoms with Crippen LogP contribution in [0.5, 0.6) is 0 Å². The molecule has 0 aliphatic heterocycles. The zero-order chi connectivity index (χ0) is 20.9. The highest BCUT2D eigenvalue weighted by atomic mass is 35.5. The zero-order valence-electron chi connectivity index (χ0n) is 16.1. The summed E-state index contributed by atoms with van der Waals surface area (Å²) < 4.78 is 0.124. The minimum absolute atomic E-state index is 0.124. The molecule has 4 aromatic rings. The van der Waals surface area contributed by atoms with Crippen molar-refractivity contribution >= 4 is 46.7 Å². The number of halogens is 2. The van der Waals surface area contributed by atoms with Crippen LogP contribution in [0.25, 0.3) is 11.4 Å². The Labute approximate surface area is 195 Å². The molecule has 0 amide bonds. The Balaban J connectivity index is 1.68. The highest BCUT2D eigenvalue weighted by molar-refractivity contribution is 8.16. The second-order valence-corrected chi connectivity index (χ2v) is 10.2. The molecule has 30 heavy (non-hydrogen) atoms. The van der Waals surface area contributed by atoms with Gasteiger partial charge in [0, 0.05) is 32.2 Å². The smallest absolute Gasteiger partial charge is 0.0889 e. The molecule has 2 aromatic heterocycles. The van der Waals surface area contributed by atoms with Crippen molar-refractivity contribution in [3.05, 3.63) is 106 Å². The van der Waals surface area contributed by atoms with E-state index in [-0.39, 0.29) is 4.58 Å². The lowest BCUT2D eigenvalue weighted by Crippen LogP contribution is -1.94. The van der Waals surface area contributed by atoms with E-state index in [0.29, 0.717) is 0 Å². The van der Waals surface area contributed by atoms with Crippen LogP contribution in [0.4, 0.5) is 0 Å². The van der Waals surface area contributed by atoms with Gasteiger partial charge < -0.3 is 0 Å². The molecule has 0 saturated carbocycles. The molecule has 0 aliphatic rings. The van der Waals surface area contributed by atoms with Crippen molar-refractivity contribution in [2.24, 2.45) is 0 Å². The van der Waals surface area contributed by atoms with Gasteiger partial charge in [-0.05, 0) is 90.8 Å². The molecule has 0 N–H and O–H groups in total. The predicted octanol–water partition coefficient (Wildman–Crippen LogP) is 8.34. The Morgan fingerprint density at radius 1 is 0.667 bits per heavy atom. The quantitative estimate of drug-likeness (QED) is 0.209. The number of rotatable bonds is 6. The monoisotopic (exact) mass is 468 g/mol. The SMILES string of the molecule is Cc1ccnc(-c2cc(C(Sc3ccc(Cl)cc3)Sc3ccc(Cl)cc3)ccn2)c1. The Kier molecular flexibility index (Phi) is 7.00. The molecule has 0 bridgehead atoms. The van der Waals surface area contributed by atoms with Gasteiger partial charge in [-0.3, -0.25) is 9.97 Å². The molecule has 2 nitrogen and oxygen atoms in total. The molecule has 0 fully saturated rings. The molecule has 150 valence electrons. The van der Waals surface area contributed by atoms with Crippen molar-refractivity contribution in [2.45, 2.75) is 21.3 Å². The third-order valence-electron chi connectivity index (χ3n) is 4.35. The summed E-state index contributed by atoms with van der Waals surface area (Å²) in [6.45, 7) is 2.06. The summed E-state index contributed by atoms with van der Waals surface area (Å²) in [5.41, 5.74) is 4.08. The number of nitrogens with zero attached hydrogens (tertiary/aromatic N) is 2. The topological polar surface area (TPSA) is 25.8 Å². The maximum atomic E-state index is 6.07. The number of thioether (sulfide) groups is 2. The molecule has 0 saturated heterocycles. The lowest BCUT2D eigenvalue weighted by atomic mass is 10.1. The standard InChI is InChI=1S/C24H18Cl2N2S2/c1-16-10-12-27-22(14-16)23-15-17(11-13-28-23)24(29-20-6-2-18(25)3-7-20)30-21-8-4-19(26)5-9-21/h2-15,24H,1H3. The maximum absolute atomic E-state index is 6.07. The molecule has 6 heteroatoms. The molecule has 2 heterocycles. The molecule has 0 aliphatic carbocycles. The average Bonchev–Trinajstić information content (AvgIpc) is 2.76. The summed E-state index contributed by atoms with van der Waals surface area (Å²) in [6, 6.07) is 24.1. The van der Waals surface area contributed by atoms with Gasteiger partial charge >= 0.3 is 0 Å². The predicted molar refractivity (Wildman–Crippen MR) is 130 cm³/mol. The number of hydrogen-bond acceptors (Lipinski definition) is 4. The lowest BCUT2D eigenvalue weighted by Gasteiger charge is -2.18. The van der Waals surface area contributed by atoms with Gasteiger partial charge in [0.05, 0.1) is 16.0 Å². The first-order chi connectivity index (χ1) is 14.6. The van der Waals surface area contributed by atoms with Crippen LogP contribution in [0.1, 0.15) is 15.7 Å². The summed E-state index contributed by atoms with van der Waals surface area (Å²) in [6.07, 6.45) is 3.67. The largest absolute Gasteiger partial charge is 0.255 e. The van der Waals surface area contributed by atoms with Gasteiger partial charge in [-0.1, -0.05) is 23.2 Å². The van der Waals surface area contributed by atoms with E-state index in [4.69, 9.17) is 23.2 Å². The Bertz CT molecular complexity index is 1090. The highest BCUT2D eigenvalue weighted by Crippen LogP contribution is 2.47. The number of benzene rings is 2. The second kappa shape index (κ2) is 9.88. The van der Waals surface area contributed by atoms with Crippen molar-refractivity contribution in [1.29, 1.82) is 0 Å². The summed E-state index contributed by atoms with van der Waals surface area (Å²) in [4.78, 5) is 11.3. The van der Waals surface area contributed by atoms with Crippen LogP contribution in [-0.2, 0) is 0 Å². The van der Waals surface area contributed by atoms with Gasteiger partial charge in [-0.2, -0.15) is 0 Å². The summed E-state index contributed by atoms with van der Waals surface area (Å²) in [5, 5.41) is 1.47. The molecule has 0 spiro atoms. The molecular formula is C24H18Cl2N2S2. The first-order valence-corrected chi connectivity index (χ1v) is 11.8. The summed E-state index contributed by atoms with van der Waals surface area (Å²) in [5.74, 6) is 0. The van der Waals surface area contributed by atoms with Gasteiger partial charge in [0.2, 0.25) is 0 Å². The number of pyridine rings is 2. The Morgan fingerprint density at radius 3 is 1.70 bits per heavy atom. The van der Waals surface area contributed by atoms with Crippen molar-refractivity contribution in [1.82, 2.24) is 9.97 Å². The minimum Gasteiger partial charge on any atom is -0.255 e. The van der Waals surface area contributed by atoms with E-state index < -0.39 is 0 Å². The first-order valence-electron chi connectivity index (χ1n) is 9.30. The average molecular weight is 469 g/mol. The van der Waals surface area contributed by atoms with Gasteiger partial charge in [0.1, 0.15) is 0 Å². The van der Waals surface area contributed by atoms with Crippen LogP contribution in [0.2, 0.25) is 10.0 Å². The number of aromatic nitrogens is 2. The maximum Gasteiger partial charge on any atom is 0.0889 e. The van der Waals surface area contributed by atoms with E-state index in [2.05, 4.69) is 35.1 Å². The molecular weight excluding hydrogens is 451 g/mol. The Hall–Kier alpha value is -1.98. The van der Waals surface area contributed by atoms with Gasteiger partial charge in [0.15, 0.2) is 0 Å². The zero-order valence-corrected chi connectivity index (χ0v) is 19.3. The normalized spacial score (nSPS) is 11.1. The second-order valence-electron chi connectivity index (χ2n) is 6.67. The van der Waals surface area contributed by atoms with Crippen LogP contribution in [0.3, 0.4) is 0 Å². The molecule has 0 radical (unpaired) electrons. The van der Waals surface area contributed by atoms with E-state index in [0.717, 1.165) is 36.8 Å².